The maximum Gasteiger partial charge on any atom is 0.227 e. The molecule has 0 radical (unpaired) electrons. The van der Waals surface area contributed by atoms with Crippen LogP contribution in [0.4, 0.5) is 21.8 Å². The van der Waals surface area contributed by atoms with Crippen LogP contribution in [-0.4, -0.2) is 70.4 Å². The summed E-state index contributed by atoms with van der Waals surface area (Å²) in [5.41, 5.74) is 3.49. The third-order valence-electron chi connectivity index (χ3n) is 6.09. The zero-order valence-electron chi connectivity index (χ0n) is 18.9. The molecule has 0 amide bonds. The van der Waals surface area contributed by atoms with Gasteiger partial charge < -0.3 is 15.0 Å². The van der Waals surface area contributed by atoms with Gasteiger partial charge in [-0.05, 0) is 30.7 Å². The first kappa shape index (κ1) is 22.1. The van der Waals surface area contributed by atoms with Gasteiger partial charge in [-0.2, -0.15) is 5.26 Å². The van der Waals surface area contributed by atoms with Gasteiger partial charge >= 0.3 is 0 Å². The summed E-state index contributed by atoms with van der Waals surface area (Å²) < 4.78 is 18.9. The minimum atomic E-state index is -0.884. The molecule has 3 aromatic heterocycles. The fraction of sp³-hybridized carbons (Fsp3) is 0.375. The van der Waals surface area contributed by atoms with Gasteiger partial charge in [-0.1, -0.05) is 0 Å². The number of halogens is 1. The number of hydrogen-bond acceptors (Lipinski definition) is 9. The number of aromatic nitrogens is 4. The molecule has 9 nitrogen and oxygen atoms in total. The molecule has 10 heteroatoms. The number of rotatable bonds is 7. The number of nitriles is 1. The Hall–Kier alpha value is -3.68. The summed E-state index contributed by atoms with van der Waals surface area (Å²) in [6, 6.07) is 9.61. The van der Waals surface area contributed by atoms with E-state index in [2.05, 4.69) is 36.2 Å². The zero-order valence-corrected chi connectivity index (χ0v) is 18.9. The van der Waals surface area contributed by atoms with E-state index < -0.39 is 6.17 Å². The Morgan fingerprint density at radius 1 is 1.18 bits per heavy atom. The van der Waals surface area contributed by atoms with Crippen LogP contribution in [0.25, 0.3) is 11.3 Å². The molecule has 174 valence electrons. The molecule has 0 saturated carbocycles. The van der Waals surface area contributed by atoms with Crippen molar-refractivity contribution in [1.82, 2.24) is 24.8 Å². The van der Waals surface area contributed by atoms with Crippen LogP contribution in [-0.2, 0) is 11.3 Å². The summed E-state index contributed by atoms with van der Waals surface area (Å²) >= 11 is 0. The second-order valence-electron chi connectivity index (χ2n) is 8.52. The number of methoxy groups -OCH3 is 1. The maximum atomic E-state index is 13.6. The van der Waals surface area contributed by atoms with Crippen LogP contribution in [0.3, 0.4) is 0 Å². The second-order valence-corrected chi connectivity index (χ2v) is 8.52. The van der Waals surface area contributed by atoms with Crippen molar-refractivity contribution in [1.29, 1.82) is 5.26 Å². The number of nitrogens with zero attached hydrogens (tertiary/aromatic N) is 7. The fourth-order valence-electron chi connectivity index (χ4n) is 4.17. The van der Waals surface area contributed by atoms with E-state index in [9.17, 15) is 9.65 Å². The van der Waals surface area contributed by atoms with Crippen molar-refractivity contribution >= 4 is 17.5 Å². The van der Waals surface area contributed by atoms with Crippen LogP contribution < -0.4 is 10.2 Å². The highest BCUT2D eigenvalue weighted by Crippen LogP contribution is 2.27. The predicted molar refractivity (Wildman–Crippen MR) is 125 cm³/mol. The molecule has 5 heterocycles. The molecule has 2 saturated heterocycles. The molecule has 2 fully saturated rings. The topological polar surface area (TPSA) is 103 Å². The molecule has 5 rings (SSSR count). The van der Waals surface area contributed by atoms with Crippen molar-refractivity contribution in [2.75, 3.05) is 43.5 Å². The van der Waals surface area contributed by atoms with Crippen molar-refractivity contribution in [2.24, 2.45) is 0 Å². The second kappa shape index (κ2) is 9.67. The molecular formula is C24H25FN8O. The molecule has 0 bridgehead atoms. The van der Waals surface area contributed by atoms with Gasteiger partial charge in [-0.25, -0.2) is 19.3 Å². The van der Waals surface area contributed by atoms with E-state index in [0.717, 1.165) is 31.0 Å². The number of ether oxygens (including phenoxy) is 1. The number of alkyl halides is 1. The monoisotopic (exact) mass is 460 g/mol. The van der Waals surface area contributed by atoms with Crippen molar-refractivity contribution in [3.63, 3.8) is 0 Å². The van der Waals surface area contributed by atoms with Crippen molar-refractivity contribution in [3.8, 4) is 17.3 Å². The van der Waals surface area contributed by atoms with E-state index in [1.54, 1.807) is 37.8 Å². The van der Waals surface area contributed by atoms with Gasteiger partial charge in [0.25, 0.3) is 0 Å². The number of pyridine rings is 2. The summed E-state index contributed by atoms with van der Waals surface area (Å²) in [7, 11) is 1.74. The molecule has 34 heavy (non-hydrogen) atoms. The molecule has 2 aliphatic rings. The molecule has 0 spiro atoms. The Bertz CT molecular complexity index is 1190. The summed E-state index contributed by atoms with van der Waals surface area (Å²) in [6.45, 7) is 3.47. The minimum absolute atomic E-state index is 0.265. The molecule has 0 aromatic carbocycles. The largest absolute Gasteiger partial charge is 0.379 e. The summed E-state index contributed by atoms with van der Waals surface area (Å²) in [6.07, 6.45) is 4.97. The van der Waals surface area contributed by atoms with E-state index in [0.29, 0.717) is 47.7 Å². The van der Waals surface area contributed by atoms with Crippen molar-refractivity contribution in [2.45, 2.75) is 25.2 Å². The Kier molecular flexibility index (Phi) is 6.29. The molecule has 3 aromatic rings. The lowest BCUT2D eigenvalue weighted by molar-refractivity contribution is -0.0339. The van der Waals surface area contributed by atoms with E-state index in [-0.39, 0.29) is 6.54 Å². The van der Waals surface area contributed by atoms with Crippen molar-refractivity contribution < 1.29 is 9.13 Å². The van der Waals surface area contributed by atoms with E-state index >= 15 is 0 Å². The van der Waals surface area contributed by atoms with Crippen LogP contribution in [0.15, 0.2) is 42.9 Å². The van der Waals surface area contributed by atoms with Gasteiger partial charge in [0.05, 0.1) is 41.5 Å². The molecule has 1 atom stereocenters. The number of nitrogens with one attached hydrogen (secondary N) is 1. The third-order valence-corrected chi connectivity index (χ3v) is 6.09. The molecule has 1 unspecified atom stereocenters. The lowest BCUT2D eigenvalue weighted by atomic mass is 10.1. The smallest absolute Gasteiger partial charge is 0.227 e. The van der Waals surface area contributed by atoms with Gasteiger partial charge in [0.1, 0.15) is 18.1 Å². The third kappa shape index (κ3) is 4.81. The average Bonchev–Trinajstić information content (AvgIpc) is 3.28. The van der Waals surface area contributed by atoms with Crippen LogP contribution in [0, 0.1) is 11.3 Å². The maximum absolute atomic E-state index is 13.6. The van der Waals surface area contributed by atoms with Crippen molar-refractivity contribution in [3.05, 3.63) is 54.1 Å². The Balaban J connectivity index is 1.27. The molecular weight excluding hydrogens is 435 g/mol. The Morgan fingerprint density at radius 2 is 2.06 bits per heavy atom. The zero-order chi connectivity index (χ0) is 23.5. The first-order valence-electron chi connectivity index (χ1n) is 11.2. The van der Waals surface area contributed by atoms with Crippen LogP contribution in [0.2, 0.25) is 0 Å². The Morgan fingerprint density at radius 3 is 2.76 bits per heavy atom. The number of anilines is 3. The van der Waals surface area contributed by atoms with Gasteiger partial charge in [-0.3, -0.25) is 9.88 Å². The van der Waals surface area contributed by atoms with E-state index in [1.165, 1.54) is 0 Å². The molecule has 0 aliphatic carbocycles. The fourth-order valence-corrected chi connectivity index (χ4v) is 4.17. The summed E-state index contributed by atoms with van der Waals surface area (Å²) in [4.78, 5) is 21.9. The molecule has 2 aliphatic heterocycles. The van der Waals surface area contributed by atoms with Gasteiger partial charge in [0, 0.05) is 51.2 Å². The lowest BCUT2D eigenvalue weighted by Crippen LogP contribution is -2.51. The number of likely N-dealkylation sites (tertiary alicyclic amines) is 1. The lowest BCUT2D eigenvalue weighted by Gasteiger charge is -2.37. The van der Waals surface area contributed by atoms with Crippen LogP contribution in [0.1, 0.15) is 17.7 Å². The number of hydrogen-bond donors (Lipinski definition) is 1. The standard InChI is InChI=1S/C24H25FN8O/c1-34-21-14-32(15-21)13-20-3-2-19(11-28-20)30-24-27-6-4-22(31-24)17-8-16(9-26)23(29-10-17)33-7-5-18(25)12-33/h2-4,6,8,10-11,18,21H,5,7,12-15H2,1H3,(H,27,30,31). The van der Waals surface area contributed by atoms with E-state index in [1.807, 2.05) is 17.0 Å². The van der Waals surface area contributed by atoms with Gasteiger partial charge in [0.15, 0.2) is 0 Å². The highest BCUT2D eigenvalue weighted by atomic mass is 19.1. The Labute approximate surface area is 197 Å². The predicted octanol–water partition coefficient (Wildman–Crippen LogP) is 2.93. The summed E-state index contributed by atoms with van der Waals surface area (Å²) in [5.74, 6) is 0.932. The van der Waals surface area contributed by atoms with Gasteiger partial charge in [0.2, 0.25) is 5.95 Å². The van der Waals surface area contributed by atoms with E-state index in [4.69, 9.17) is 4.74 Å². The highest BCUT2D eigenvalue weighted by Gasteiger charge is 2.26. The normalized spacial score (nSPS) is 18.5. The van der Waals surface area contributed by atoms with Gasteiger partial charge in [-0.15, -0.1) is 0 Å². The molecule has 1 N–H and O–H groups in total. The summed E-state index contributed by atoms with van der Waals surface area (Å²) in [5, 5.41) is 12.8. The first-order valence-corrected chi connectivity index (χ1v) is 11.2. The first-order chi connectivity index (χ1) is 16.6. The van der Waals surface area contributed by atoms with Crippen LogP contribution in [0.5, 0.6) is 0 Å². The quantitative estimate of drug-likeness (QED) is 0.570. The average molecular weight is 461 g/mol. The highest BCUT2D eigenvalue weighted by molar-refractivity contribution is 5.67. The minimum Gasteiger partial charge on any atom is -0.379 e. The van der Waals surface area contributed by atoms with Crippen LogP contribution >= 0.6 is 0 Å². The SMILES string of the molecule is COC1CN(Cc2ccc(Nc3nccc(-c4cnc(N5CCC(F)C5)c(C#N)c4)n3)cn2)C1.